The van der Waals surface area contributed by atoms with Crippen LogP contribution in [0.2, 0.25) is 0 Å². The van der Waals surface area contributed by atoms with Crippen molar-refractivity contribution in [3.63, 3.8) is 0 Å². The van der Waals surface area contributed by atoms with Crippen molar-refractivity contribution in [2.24, 2.45) is 0 Å². The van der Waals surface area contributed by atoms with E-state index in [9.17, 15) is 24.3 Å². The van der Waals surface area contributed by atoms with Gasteiger partial charge < -0.3 is 53.3 Å². The molecule has 4 aromatic heterocycles. The van der Waals surface area contributed by atoms with E-state index in [0.717, 1.165) is 128 Å². The Morgan fingerprint density at radius 1 is 0.561 bits per heavy atom. The summed E-state index contributed by atoms with van der Waals surface area (Å²) in [4.78, 5) is 55.1. The van der Waals surface area contributed by atoms with Crippen LogP contribution >= 0.6 is 0 Å². The lowest BCUT2D eigenvalue weighted by atomic mass is 9.81. The second-order valence-electron chi connectivity index (χ2n) is 23.8. The van der Waals surface area contributed by atoms with Crippen molar-refractivity contribution in [1.82, 2.24) is 38.7 Å². The number of amides is 2. The summed E-state index contributed by atoms with van der Waals surface area (Å²) in [6, 6.07) is 24.4. The van der Waals surface area contributed by atoms with E-state index in [1.165, 1.54) is 110 Å². The molecule has 3 N–H and O–H groups in total. The number of carboxylic acid groups (broad SMARTS) is 1. The number of aromatic carboxylic acids is 1. The van der Waals surface area contributed by atoms with E-state index in [2.05, 4.69) is 81.2 Å². The Morgan fingerprint density at radius 2 is 1.01 bits per heavy atom. The van der Waals surface area contributed by atoms with E-state index in [1.54, 1.807) is 6.07 Å². The Morgan fingerprint density at radius 3 is 1.43 bits per heavy atom. The first-order valence-electron chi connectivity index (χ1n) is 30.2. The lowest BCUT2D eigenvalue weighted by Crippen LogP contribution is -2.31. The van der Waals surface area contributed by atoms with Crippen molar-refractivity contribution in [2.75, 3.05) is 74.7 Å². The Bertz CT molecular complexity index is 3650. The number of hydrogen-bond acceptors (Lipinski definition) is 8. The minimum atomic E-state index is -0.895. The number of likely N-dealkylation sites (N-methyl/N-ethyl adjacent to an activating group) is 2. The van der Waals surface area contributed by atoms with Crippen LogP contribution in [0.4, 0.5) is 0 Å². The Balaban J connectivity index is 0.000000158. The number of aromatic nitrogens is 4. The molecule has 0 bridgehead atoms. The molecule has 3 fully saturated rings. The maximum atomic E-state index is 13.3. The molecular formula is C67H82N8O7. The molecule has 3 aliphatic heterocycles. The number of rotatable bonds is 12. The zero-order chi connectivity index (χ0) is 57.0. The number of carbonyl (C=O) groups excluding carboxylic acids is 3. The van der Waals surface area contributed by atoms with E-state index >= 15 is 0 Å². The fourth-order valence-electron chi connectivity index (χ4n) is 13.9. The number of para-hydroxylation sites is 2. The van der Waals surface area contributed by atoms with Gasteiger partial charge in [-0.2, -0.15) is 0 Å². The summed E-state index contributed by atoms with van der Waals surface area (Å²) >= 11 is 0. The highest BCUT2D eigenvalue weighted by Crippen LogP contribution is 2.49. The normalized spacial score (nSPS) is 16.4. The summed E-state index contributed by atoms with van der Waals surface area (Å²) in [7, 11) is 9.46. The Labute approximate surface area is 481 Å². The molecule has 4 aromatic carbocycles. The minimum Gasteiger partial charge on any atom is -0.478 e. The number of fused-ring (bicyclic) bond motifs is 8. The summed E-state index contributed by atoms with van der Waals surface area (Å²) in [5.74, 6) is -0.329. The predicted molar refractivity (Wildman–Crippen MR) is 327 cm³/mol. The monoisotopic (exact) mass is 1110 g/mol. The molecule has 8 aromatic rings. The molecule has 2 amide bonds. The topological polar surface area (TPSA) is 157 Å². The van der Waals surface area contributed by atoms with Gasteiger partial charge in [-0.15, -0.1) is 0 Å². The first-order chi connectivity index (χ1) is 39.9. The number of esters is 1. The second kappa shape index (κ2) is 25.1. The molecule has 5 aliphatic rings. The number of methoxy groups -OCH3 is 1. The van der Waals surface area contributed by atoms with Gasteiger partial charge in [-0.3, -0.25) is 9.59 Å². The average Bonchev–Trinajstić information content (AvgIpc) is 2.91. The van der Waals surface area contributed by atoms with Crippen LogP contribution in [0.25, 0.3) is 66.1 Å². The van der Waals surface area contributed by atoms with Crippen LogP contribution < -0.4 is 10.6 Å². The predicted octanol–water partition coefficient (Wildman–Crippen LogP) is 12.3. The Hall–Kier alpha value is -7.20. The number of carboxylic acids is 1. The summed E-state index contributed by atoms with van der Waals surface area (Å²) < 4.78 is 19.4. The van der Waals surface area contributed by atoms with Crippen molar-refractivity contribution < 1.29 is 33.8 Å². The average molecular weight is 1110 g/mol. The number of ether oxygens (including phenoxy) is 2. The largest absolute Gasteiger partial charge is 0.478 e. The van der Waals surface area contributed by atoms with Crippen molar-refractivity contribution in [1.29, 1.82) is 0 Å². The summed E-state index contributed by atoms with van der Waals surface area (Å²) in [6.07, 6.45) is 20.7. The first-order valence-corrected chi connectivity index (χ1v) is 30.2. The van der Waals surface area contributed by atoms with Crippen molar-refractivity contribution in [3.8, 4) is 22.5 Å². The number of aryl methyl sites for hydroxylation is 4. The molecule has 7 heterocycles. The van der Waals surface area contributed by atoms with Gasteiger partial charge in [0.25, 0.3) is 11.8 Å². The van der Waals surface area contributed by atoms with Gasteiger partial charge in [0.05, 0.1) is 51.8 Å². The molecule has 432 valence electrons. The van der Waals surface area contributed by atoms with Crippen LogP contribution in [0.15, 0.2) is 85.2 Å². The van der Waals surface area contributed by atoms with Gasteiger partial charge in [-0.05, 0) is 127 Å². The SMILES string of the molecule is C1CCOC1.CN(C)CCNC(=O)c1cn2c3c(cccc13)-c1c(C3CCCCC3)c3ccc(C(=O)O)cc3n1CCC2.COC(=O)c1ccc2c(C3CCCCC3)c3n(c2c1)CCCn1cc(C(=O)NCCN(C)C)c2cccc-3c21. The van der Waals surface area contributed by atoms with Crippen molar-refractivity contribution in [2.45, 2.75) is 128 Å². The van der Waals surface area contributed by atoms with Gasteiger partial charge in [0, 0.05) is 122 Å². The first kappa shape index (κ1) is 56.7. The van der Waals surface area contributed by atoms with Gasteiger partial charge >= 0.3 is 11.9 Å². The molecule has 0 radical (unpaired) electrons. The van der Waals surface area contributed by atoms with E-state index in [0.29, 0.717) is 36.1 Å². The molecule has 15 nitrogen and oxygen atoms in total. The van der Waals surface area contributed by atoms with Gasteiger partial charge in [0.2, 0.25) is 0 Å². The fraction of sp³-hybridized carbons (Fsp3) is 0.463. The van der Waals surface area contributed by atoms with Gasteiger partial charge in [-0.1, -0.05) is 87.1 Å². The number of benzene rings is 4. The van der Waals surface area contributed by atoms with Crippen LogP contribution in [0, 0.1) is 0 Å². The van der Waals surface area contributed by atoms with Crippen molar-refractivity contribution >= 4 is 67.4 Å². The van der Waals surface area contributed by atoms with Crippen LogP contribution in [0.1, 0.15) is 154 Å². The second-order valence-corrected chi connectivity index (χ2v) is 23.8. The lowest BCUT2D eigenvalue weighted by Gasteiger charge is -2.25. The van der Waals surface area contributed by atoms with Gasteiger partial charge in [-0.25, -0.2) is 9.59 Å². The highest BCUT2D eigenvalue weighted by atomic mass is 16.5. The third kappa shape index (κ3) is 11.4. The zero-order valence-electron chi connectivity index (χ0n) is 48.8. The van der Waals surface area contributed by atoms with E-state index in [4.69, 9.17) is 9.47 Å². The number of nitrogens with one attached hydrogen (secondary N) is 2. The van der Waals surface area contributed by atoms with Gasteiger partial charge in [0.1, 0.15) is 0 Å². The van der Waals surface area contributed by atoms with Crippen LogP contribution in [0.5, 0.6) is 0 Å². The highest BCUT2D eigenvalue weighted by Gasteiger charge is 2.33. The van der Waals surface area contributed by atoms with Gasteiger partial charge in [0.15, 0.2) is 0 Å². The lowest BCUT2D eigenvalue weighted by molar-refractivity contribution is 0.0599. The third-order valence-electron chi connectivity index (χ3n) is 17.8. The number of nitrogens with zero attached hydrogens (tertiary/aromatic N) is 6. The van der Waals surface area contributed by atoms with Crippen LogP contribution in [0.3, 0.4) is 0 Å². The Kier molecular flexibility index (Phi) is 17.3. The smallest absolute Gasteiger partial charge is 0.337 e. The molecule has 2 saturated carbocycles. The standard InChI is InChI=1S/C32H38N4O3.C31H36N4O3.C4H8O/c1-34(2)18-15-33-31(37)26-20-35-16-8-17-36-27-19-22(32(38)39-3)13-14-24(27)28(21-9-5-4-6-10-21)30(36)25-12-7-11-23(26)29(25)35;1-33(2)17-14-32-30(36)25-19-34-15-7-16-35-26-18-21(31(37)38)12-13-23(26)27(20-8-4-3-5-9-20)29(35)24-11-6-10-22(25)28(24)34;1-2-4-5-3-1/h7,11-14,19-21H,4-6,8-10,15-18H2,1-3H3,(H,33,37);6,10-13,18-20H,3-5,7-9,14-17H2,1-2H3,(H,32,36)(H,37,38);1-4H2. The van der Waals surface area contributed by atoms with E-state index < -0.39 is 5.97 Å². The summed E-state index contributed by atoms with van der Waals surface area (Å²) in [6.45, 7) is 8.08. The quantitative estimate of drug-likeness (QED) is 0.101. The molecule has 15 heteroatoms. The van der Waals surface area contributed by atoms with E-state index in [-0.39, 0.29) is 17.8 Å². The maximum absolute atomic E-state index is 13.3. The molecule has 0 unspecified atom stereocenters. The zero-order valence-corrected chi connectivity index (χ0v) is 48.8. The van der Waals surface area contributed by atoms with Crippen molar-refractivity contribution in [3.05, 3.63) is 119 Å². The molecule has 2 aliphatic carbocycles. The maximum Gasteiger partial charge on any atom is 0.337 e. The molecule has 82 heavy (non-hydrogen) atoms. The molecule has 1 saturated heterocycles. The van der Waals surface area contributed by atoms with Crippen LogP contribution in [-0.2, 0) is 35.7 Å². The third-order valence-corrected chi connectivity index (χ3v) is 17.8. The minimum absolute atomic E-state index is 0.0206. The molecule has 0 spiro atoms. The summed E-state index contributed by atoms with van der Waals surface area (Å²) in [5.41, 5.74) is 14.3. The van der Waals surface area contributed by atoms with Crippen LogP contribution in [-0.4, -0.2) is 132 Å². The molecule has 0 atom stereocenters. The summed E-state index contributed by atoms with van der Waals surface area (Å²) in [5, 5.41) is 20.4. The highest BCUT2D eigenvalue weighted by molar-refractivity contribution is 6.13. The molecular weight excluding hydrogens is 1030 g/mol. The number of hydrogen-bond donors (Lipinski definition) is 3. The fourth-order valence-corrected chi connectivity index (χ4v) is 13.9. The van der Waals surface area contributed by atoms with E-state index in [1.807, 2.05) is 64.8 Å². The number of carbonyl (C=O) groups is 4. The molecule has 13 rings (SSSR count).